The zero-order valence-corrected chi connectivity index (χ0v) is 17.9. The van der Waals surface area contributed by atoms with Crippen molar-refractivity contribution >= 4 is 5.97 Å². The van der Waals surface area contributed by atoms with E-state index >= 15 is 0 Å². The number of likely N-dealkylation sites (N-methyl/N-ethyl adjacent to an activating group) is 1. The Morgan fingerprint density at radius 2 is 1.28 bits per heavy atom. The first-order valence-electron chi connectivity index (χ1n) is 10.9. The van der Waals surface area contributed by atoms with E-state index in [-0.39, 0.29) is 5.97 Å². The number of hydrogen-bond donors (Lipinski definition) is 0. The zero-order chi connectivity index (χ0) is 19.0. The summed E-state index contributed by atoms with van der Waals surface area (Å²) in [5.74, 6) is -0.146. The molecule has 0 bridgehead atoms. The minimum absolute atomic E-state index is 0.146. The van der Waals surface area contributed by atoms with Gasteiger partial charge in [0.15, 0.2) is 0 Å². The van der Waals surface area contributed by atoms with Crippen LogP contribution < -0.4 is 0 Å². The molecule has 0 amide bonds. The number of hydrogen-bond acceptors (Lipinski definition) is 2. The maximum absolute atomic E-state index is 11.3. The molecule has 1 unspecified atom stereocenters. The van der Waals surface area contributed by atoms with Crippen molar-refractivity contribution in [2.75, 3.05) is 27.2 Å². The lowest BCUT2D eigenvalue weighted by Gasteiger charge is -2.38. The molecular formula is C22H46NO2+. The Labute approximate surface area is 158 Å². The van der Waals surface area contributed by atoms with Crippen LogP contribution in [0.15, 0.2) is 0 Å². The molecule has 25 heavy (non-hydrogen) atoms. The van der Waals surface area contributed by atoms with Crippen LogP contribution in [0.2, 0.25) is 0 Å². The molecule has 0 saturated heterocycles. The number of carbonyl (C=O) groups is 1. The molecule has 0 fully saturated rings. The molecule has 0 aliphatic rings. The molecule has 0 N–H and O–H groups in total. The van der Waals surface area contributed by atoms with E-state index < -0.39 is 0 Å². The van der Waals surface area contributed by atoms with Crippen LogP contribution in [0.4, 0.5) is 0 Å². The van der Waals surface area contributed by atoms with Gasteiger partial charge in [-0.05, 0) is 19.3 Å². The molecule has 0 aromatic carbocycles. The largest absolute Gasteiger partial charge is 0.460 e. The predicted octanol–water partition coefficient (Wildman–Crippen LogP) is 6.11. The van der Waals surface area contributed by atoms with Crippen molar-refractivity contribution in [1.29, 1.82) is 0 Å². The number of nitrogens with zero attached hydrogens (tertiary/aromatic N) is 1. The first kappa shape index (κ1) is 24.4. The maximum Gasteiger partial charge on any atom is 0.302 e. The van der Waals surface area contributed by atoms with Crippen molar-refractivity contribution in [2.24, 2.45) is 0 Å². The van der Waals surface area contributed by atoms with Crippen molar-refractivity contribution < 1.29 is 14.0 Å². The Morgan fingerprint density at radius 3 is 1.80 bits per heavy atom. The molecule has 3 heteroatoms. The van der Waals surface area contributed by atoms with Crippen LogP contribution in [0.5, 0.6) is 0 Å². The van der Waals surface area contributed by atoms with Gasteiger partial charge in [-0.2, -0.15) is 0 Å². The molecule has 0 aliphatic carbocycles. The summed E-state index contributed by atoms with van der Waals surface area (Å²) < 4.78 is 6.37. The lowest BCUT2D eigenvalue weighted by atomic mass is 10.0. The number of ether oxygens (including phenoxy) is 1. The third kappa shape index (κ3) is 14.3. The maximum atomic E-state index is 11.3. The van der Waals surface area contributed by atoms with Crippen LogP contribution in [0.3, 0.4) is 0 Å². The molecule has 0 spiro atoms. The highest BCUT2D eigenvalue weighted by atomic mass is 16.5. The number of rotatable bonds is 17. The van der Waals surface area contributed by atoms with E-state index in [9.17, 15) is 4.79 Å². The second-order valence-electron chi connectivity index (χ2n) is 8.28. The molecule has 3 nitrogen and oxygen atoms in total. The van der Waals surface area contributed by atoms with Crippen LogP contribution in [0, 0.1) is 0 Å². The first-order valence-corrected chi connectivity index (χ1v) is 10.9. The molecule has 0 aromatic heterocycles. The van der Waals surface area contributed by atoms with E-state index in [4.69, 9.17) is 4.74 Å². The summed E-state index contributed by atoms with van der Waals surface area (Å²) in [6, 6.07) is 0.436. The lowest BCUT2D eigenvalue weighted by Crippen LogP contribution is -2.51. The second kappa shape index (κ2) is 15.7. The van der Waals surface area contributed by atoms with Gasteiger partial charge in [0.05, 0.1) is 20.6 Å². The zero-order valence-electron chi connectivity index (χ0n) is 17.9. The van der Waals surface area contributed by atoms with Gasteiger partial charge in [-0.3, -0.25) is 4.79 Å². The van der Waals surface area contributed by atoms with Gasteiger partial charge in [0.25, 0.3) is 0 Å². The monoisotopic (exact) mass is 356 g/mol. The van der Waals surface area contributed by atoms with Crippen molar-refractivity contribution in [1.82, 2.24) is 0 Å². The minimum atomic E-state index is -0.146. The van der Waals surface area contributed by atoms with Gasteiger partial charge in [0, 0.05) is 13.3 Å². The molecule has 0 heterocycles. The number of unbranched alkanes of at least 4 members (excludes halogenated alkanes) is 10. The van der Waals surface area contributed by atoms with E-state index in [1.165, 1.54) is 96.9 Å². The first-order chi connectivity index (χ1) is 11.9. The molecular weight excluding hydrogens is 310 g/mol. The normalized spacial score (nSPS) is 13.0. The Kier molecular flexibility index (Phi) is 15.3. The molecule has 0 saturated carbocycles. The highest BCUT2D eigenvalue weighted by Crippen LogP contribution is 2.18. The van der Waals surface area contributed by atoms with E-state index in [0.29, 0.717) is 12.6 Å². The molecule has 0 aliphatic heterocycles. The summed E-state index contributed by atoms with van der Waals surface area (Å²) in [6.07, 6.45) is 17.1. The quantitative estimate of drug-likeness (QED) is 0.179. The smallest absolute Gasteiger partial charge is 0.302 e. The van der Waals surface area contributed by atoms with E-state index in [2.05, 4.69) is 27.9 Å². The van der Waals surface area contributed by atoms with E-state index in [1.54, 1.807) is 0 Å². The van der Waals surface area contributed by atoms with Crippen molar-refractivity contribution in [2.45, 2.75) is 110 Å². The second-order valence-corrected chi connectivity index (χ2v) is 8.28. The van der Waals surface area contributed by atoms with E-state index in [1.807, 2.05) is 0 Å². The van der Waals surface area contributed by atoms with Gasteiger partial charge in [0.2, 0.25) is 0 Å². The van der Waals surface area contributed by atoms with E-state index in [0.717, 1.165) is 4.48 Å². The summed E-state index contributed by atoms with van der Waals surface area (Å²) >= 11 is 0. The Bertz CT molecular complexity index is 315. The summed E-state index contributed by atoms with van der Waals surface area (Å²) in [5.41, 5.74) is 0. The highest BCUT2D eigenvalue weighted by Gasteiger charge is 2.28. The van der Waals surface area contributed by atoms with Crippen LogP contribution in [-0.2, 0) is 9.53 Å². The summed E-state index contributed by atoms with van der Waals surface area (Å²) in [4.78, 5) is 11.3. The molecule has 0 aromatic rings. The topological polar surface area (TPSA) is 26.3 Å². The fourth-order valence-corrected chi connectivity index (χ4v) is 3.49. The van der Waals surface area contributed by atoms with Gasteiger partial charge >= 0.3 is 5.97 Å². The third-order valence-corrected chi connectivity index (χ3v) is 5.45. The average molecular weight is 357 g/mol. The van der Waals surface area contributed by atoms with Crippen LogP contribution >= 0.6 is 0 Å². The fourth-order valence-electron chi connectivity index (χ4n) is 3.49. The van der Waals surface area contributed by atoms with Crippen molar-refractivity contribution in [3.8, 4) is 0 Å². The number of quaternary nitrogens is 1. The van der Waals surface area contributed by atoms with Gasteiger partial charge < -0.3 is 9.22 Å². The van der Waals surface area contributed by atoms with Crippen molar-refractivity contribution in [3.63, 3.8) is 0 Å². The third-order valence-electron chi connectivity index (χ3n) is 5.45. The van der Waals surface area contributed by atoms with Gasteiger partial charge in [-0.25, -0.2) is 0 Å². The van der Waals surface area contributed by atoms with Gasteiger partial charge in [-0.15, -0.1) is 0 Å². The SMILES string of the molecule is CCCCCCCCC(COC(C)=O)[N+](C)(C)CCCCCCCC. The predicted molar refractivity (Wildman–Crippen MR) is 109 cm³/mol. The molecule has 0 radical (unpaired) electrons. The van der Waals surface area contributed by atoms with Crippen LogP contribution in [0.1, 0.15) is 104 Å². The average Bonchev–Trinajstić information content (AvgIpc) is 2.56. The summed E-state index contributed by atoms with van der Waals surface area (Å²) in [6.45, 7) is 7.82. The van der Waals surface area contributed by atoms with Crippen LogP contribution in [-0.4, -0.2) is 43.7 Å². The Morgan fingerprint density at radius 1 is 0.800 bits per heavy atom. The van der Waals surface area contributed by atoms with Gasteiger partial charge in [0.1, 0.15) is 12.6 Å². The highest BCUT2D eigenvalue weighted by molar-refractivity contribution is 5.65. The lowest BCUT2D eigenvalue weighted by molar-refractivity contribution is -0.916. The van der Waals surface area contributed by atoms with Gasteiger partial charge in [-0.1, -0.05) is 71.6 Å². The van der Waals surface area contributed by atoms with Crippen LogP contribution in [0.25, 0.3) is 0 Å². The fraction of sp³-hybridized carbons (Fsp3) is 0.955. The Balaban J connectivity index is 4.22. The Hall–Kier alpha value is -0.570. The molecule has 0 rings (SSSR count). The standard InChI is InChI=1S/C22H46NO2/c1-6-8-10-12-14-16-18-22(20-25-21(3)24)23(4,5)19-17-15-13-11-9-7-2/h22H,6-20H2,1-5H3/q+1. The molecule has 150 valence electrons. The number of carbonyl (C=O) groups excluding carboxylic acids is 1. The van der Waals surface area contributed by atoms with Crippen molar-refractivity contribution in [3.05, 3.63) is 0 Å². The summed E-state index contributed by atoms with van der Waals surface area (Å²) in [7, 11) is 4.63. The molecule has 1 atom stereocenters. The summed E-state index contributed by atoms with van der Waals surface area (Å²) in [5, 5.41) is 0. The number of esters is 1. The minimum Gasteiger partial charge on any atom is -0.460 e.